The van der Waals surface area contributed by atoms with Crippen molar-refractivity contribution in [2.24, 2.45) is 0 Å². The minimum Gasteiger partial charge on any atom is -0.483 e. The lowest BCUT2D eigenvalue weighted by Gasteiger charge is -2.07. The van der Waals surface area contributed by atoms with Crippen molar-refractivity contribution in [3.8, 4) is 22.4 Å². The summed E-state index contributed by atoms with van der Waals surface area (Å²) in [6.07, 6.45) is 3.80. The highest BCUT2D eigenvalue weighted by molar-refractivity contribution is 5.73. The van der Waals surface area contributed by atoms with Crippen LogP contribution in [0.25, 0.3) is 28.0 Å². The van der Waals surface area contributed by atoms with Crippen LogP contribution in [0.3, 0.4) is 0 Å². The van der Waals surface area contributed by atoms with Gasteiger partial charge in [-0.05, 0) is 47.0 Å². The fraction of sp³-hybridized carbons (Fsp3) is 0.0870. The number of fused-ring (bicyclic) bond motifs is 1. The molecule has 0 saturated carbocycles. The van der Waals surface area contributed by atoms with Crippen LogP contribution in [-0.2, 0) is 16.1 Å². The van der Waals surface area contributed by atoms with Crippen LogP contribution in [-0.4, -0.2) is 26.9 Å². The van der Waals surface area contributed by atoms with Crippen LogP contribution in [0.2, 0.25) is 0 Å². The SMILES string of the molecule is CC(=O)NCc1cccc(-c2cnc3cc(-c4ccc(F)cc4)ccn23)c1.O=CO. The number of imidazole rings is 1. The number of benzene rings is 2. The van der Waals surface area contributed by atoms with Crippen molar-refractivity contribution in [2.75, 3.05) is 0 Å². The molecule has 0 aliphatic carbocycles. The third-order valence-electron chi connectivity index (χ3n) is 4.45. The van der Waals surface area contributed by atoms with Gasteiger partial charge in [-0.1, -0.05) is 30.3 Å². The number of hydrogen-bond acceptors (Lipinski definition) is 3. The molecule has 0 aliphatic heterocycles. The molecule has 0 unspecified atom stereocenters. The van der Waals surface area contributed by atoms with Crippen LogP contribution in [0.5, 0.6) is 0 Å². The summed E-state index contributed by atoms with van der Waals surface area (Å²) in [6, 6.07) is 18.4. The van der Waals surface area contributed by atoms with Crippen molar-refractivity contribution in [3.63, 3.8) is 0 Å². The lowest BCUT2D eigenvalue weighted by molar-refractivity contribution is -0.123. The Kier molecular flexibility index (Phi) is 6.54. The molecule has 2 heterocycles. The summed E-state index contributed by atoms with van der Waals surface area (Å²) in [4.78, 5) is 24.0. The van der Waals surface area contributed by atoms with Crippen molar-refractivity contribution < 1.29 is 19.1 Å². The maximum Gasteiger partial charge on any atom is 0.290 e. The Balaban J connectivity index is 0.000000806. The molecular formula is C23H20FN3O3. The van der Waals surface area contributed by atoms with Crippen LogP contribution < -0.4 is 5.32 Å². The van der Waals surface area contributed by atoms with Gasteiger partial charge in [0.2, 0.25) is 5.91 Å². The van der Waals surface area contributed by atoms with Gasteiger partial charge in [0.05, 0.1) is 11.9 Å². The maximum absolute atomic E-state index is 13.1. The van der Waals surface area contributed by atoms with Crippen LogP contribution in [0.4, 0.5) is 4.39 Å². The number of nitrogens with one attached hydrogen (secondary N) is 1. The van der Waals surface area contributed by atoms with E-state index >= 15 is 0 Å². The number of nitrogens with zero attached hydrogens (tertiary/aromatic N) is 2. The molecule has 0 atom stereocenters. The van der Waals surface area contributed by atoms with Gasteiger partial charge in [0, 0.05) is 25.2 Å². The van der Waals surface area contributed by atoms with Gasteiger partial charge in [-0.25, -0.2) is 9.37 Å². The van der Waals surface area contributed by atoms with Crippen LogP contribution in [0.15, 0.2) is 73.1 Å². The largest absolute Gasteiger partial charge is 0.483 e. The van der Waals surface area contributed by atoms with Gasteiger partial charge < -0.3 is 10.4 Å². The smallest absolute Gasteiger partial charge is 0.290 e. The number of pyridine rings is 1. The number of carbonyl (C=O) groups is 2. The van der Waals surface area contributed by atoms with E-state index in [9.17, 15) is 9.18 Å². The van der Waals surface area contributed by atoms with Crippen LogP contribution >= 0.6 is 0 Å². The average Bonchev–Trinajstić information content (AvgIpc) is 3.17. The van der Waals surface area contributed by atoms with E-state index in [2.05, 4.69) is 10.3 Å². The van der Waals surface area contributed by atoms with E-state index in [-0.39, 0.29) is 18.2 Å². The van der Waals surface area contributed by atoms with Gasteiger partial charge in [-0.15, -0.1) is 0 Å². The number of hydrogen-bond donors (Lipinski definition) is 2. The standard InChI is InChI=1S/C22H18FN3O.CH2O2/c1-15(27)24-13-16-3-2-4-19(11-16)21-14-25-22-12-18(9-10-26(21)22)17-5-7-20(23)8-6-17;2-1-3/h2-12,14H,13H2,1H3,(H,24,27);1H,(H,2,3). The molecule has 0 fully saturated rings. The molecule has 7 heteroatoms. The molecule has 30 heavy (non-hydrogen) atoms. The number of rotatable bonds is 4. The molecule has 0 saturated heterocycles. The predicted molar refractivity (Wildman–Crippen MR) is 112 cm³/mol. The molecule has 0 radical (unpaired) electrons. The van der Waals surface area contributed by atoms with E-state index < -0.39 is 0 Å². The highest BCUT2D eigenvalue weighted by Crippen LogP contribution is 2.26. The molecule has 4 aromatic rings. The average molecular weight is 405 g/mol. The van der Waals surface area contributed by atoms with Gasteiger partial charge in [0.1, 0.15) is 11.5 Å². The lowest BCUT2D eigenvalue weighted by Crippen LogP contribution is -2.18. The molecule has 0 aliphatic rings. The molecule has 152 valence electrons. The van der Waals surface area contributed by atoms with Gasteiger partial charge >= 0.3 is 0 Å². The fourth-order valence-corrected chi connectivity index (χ4v) is 3.08. The van der Waals surface area contributed by atoms with Gasteiger partial charge in [0.25, 0.3) is 6.47 Å². The summed E-state index contributed by atoms with van der Waals surface area (Å²) < 4.78 is 15.2. The van der Waals surface area contributed by atoms with Crippen molar-refractivity contribution in [1.82, 2.24) is 14.7 Å². The number of halogens is 1. The minimum atomic E-state index is -0.250. The molecule has 0 spiro atoms. The number of carbonyl (C=O) groups excluding carboxylic acids is 1. The van der Waals surface area contributed by atoms with Crippen LogP contribution in [0.1, 0.15) is 12.5 Å². The minimum absolute atomic E-state index is 0.0523. The summed E-state index contributed by atoms with van der Waals surface area (Å²) in [5.41, 5.74) is 5.78. The second kappa shape index (κ2) is 9.47. The van der Waals surface area contributed by atoms with Gasteiger partial charge in [-0.3, -0.25) is 14.0 Å². The van der Waals surface area contributed by atoms with Crippen molar-refractivity contribution in [3.05, 3.63) is 84.4 Å². The third kappa shape index (κ3) is 4.88. The summed E-state index contributed by atoms with van der Waals surface area (Å²) in [5.74, 6) is -0.300. The normalized spacial score (nSPS) is 10.2. The first-order valence-corrected chi connectivity index (χ1v) is 9.16. The van der Waals surface area contributed by atoms with Gasteiger partial charge in [0.15, 0.2) is 0 Å². The number of carboxylic acid groups (broad SMARTS) is 1. The second-order valence-corrected chi connectivity index (χ2v) is 6.51. The van der Waals surface area contributed by atoms with E-state index in [0.29, 0.717) is 6.54 Å². The van der Waals surface area contributed by atoms with E-state index in [4.69, 9.17) is 9.90 Å². The Morgan fingerprint density at radius 3 is 2.53 bits per heavy atom. The summed E-state index contributed by atoms with van der Waals surface area (Å²) in [6.45, 7) is 1.75. The van der Waals surface area contributed by atoms with E-state index in [1.165, 1.54) is 19.1 Å². The Labute approximate surface area is 172 Å². The Hall–Kier alpha value is -4.00. The zero-order valence-corrected chi connectivity index (χ0v) is 16.2. The highest BCUT2D eigenvalue weighted by atomic mass is 19.1. The number of amides is 1. The molecule has 2 aromatic carbocycles. The van der Waals surface area contributed by atoms with Crippen molar-refractivity contribution in [1.29, 1.82) is 0 Å². The molecule has 0 bridgehead atoms. The summed E-state index contributed by atoms with van der Waals surface area (Å²) in [7, 11) is 0. The second-order valence-electron chi connectivity index (χ2n) is 6.51. The quantitative estimate of drug-likeness (QED) is 0.500. The van der Waals surface area contributed by atoms with Crippen molar-refractivity contribution >= 4 is 18.0 Å². The molecular weight excluding hydrogens is 385 g/mol. The molecule has 4 rings (SSSR count). The molecule has 2 N–H and O–H groups in total. The predicted octanol–water partition coefficient (Wildman–Crippen LogP) is 4.14. The monoisotopic (exact) mass is 405 g/mol. The van der Waals surface area contributed by atoms with Gasteiger partial charge in [-0.2, -0.15) is 0 Å². The number of aromatic nitrogens is 2. The zero-order chi connectivity index (χ0) is 21.5. The molecule has 6 nitrogen and oxygen atoms in total. The lowest BCUT2D eigenvalue weighted by atomic mass is 10.1. The van der Waals surface area contributed by atoms with E-state index in [0.717, 1.165) is 33.6 Å². The fourth-order valence-electron chi connectivity index (χ4n) is 3.08. The molecule has 1 amide bonds. The first kappa shape index (κ1) is 20.7. The van der Waals surface area contributed by atoms with Crippen LogP contribution in [0, 0.1) is 5.82 Å². The summed E-state index contributed by atoms with van der Waals surface area (Å²) in [5, 5.41) is 9.70. The third-order valence-corrected chi connectivity index (χ3v) is 4.45. The maximum atomic E-state index is 13.1. The molecule has 2 aromatic heterocycles. The highest BCUT2D eigenvalue weighted by Gasteiger charge is 2.08. The Morgan fingerprint density at radius 1 is 1.10 bits per heavy atom. The first-order chi connectivity index (χ1) is 14.5. The Bertz CT molecular complexity index is 1170. The van der Waals surface area contributed by atoms with E-state index in [1.54, 1.807) is 12.1 Å². The van der Waals surface area contributed by atoms with E-state index in [1.807, 2.05) is 53.2 Å². The van der Waals surface area contributed by atoms with Crippen molar-refractivity contribution in [2.45, 2.75) is 13.5 Å². The topological polar surface area (TPSA) is 83.7 Å². The summed E-state index contributed by atoms with van der Waals surface area (Å²) >= 11 is 0. The zero-order valence-electron chi connectivity index (χ0n) is 16.2. The Morgan fingerprint density at radius 2 is 1.83 bits per heavy atom. The first-order valence-electron chi connectivity index (χ1n) is 9.16.